The molecule has 0 saturated carbocycles. The molecule has 2 heterocycles. The van der Waals surface area contributed by atoms with Gasteiger partial charge in [-0.15, -0.1) is 0 Å². The van der Waals surface area contributed by atoms with Crippen LogP contribution in [0.4, 0.5) is 9.93 Å². The summed E-state index contributed by atoms with van der Waals surface area (Å²) in [6.45, 7) is 3.17. The smallest absolute Gasteiger partial charge is 0.410 e. The minimum absolute atomic E-state index is 0.243. The molecule has 1 fully saturated rings. The first-order valence-corrected chi connectivity index (χ1v) is 10.4. The molecule has 1 aliphatic rings. The van der Waals surface area contributed by atoms with Crippen molar-refractivity contribution in [3.63, 3.8) is 0 Å². The molecule has 0 bridgehead atoms. The van der Waals surface area contributed by atoms with Crippen LogP contribution in [0, 0.1) is 3.57 Å². The van der Waals surface area contributed by atoms with Crippen molar-refractivity contribution in [2.45, 2.75) is 6.61 Å². The van der Waals surface area contributed by atoms with Gasteiger partial charge >= 0.3 is 6.09 Å². The molecular weight excluding hydrogens is 461 g/mol. The van der Waals surface area contributed by atoms with E-state index in [1.807, 2.05) is 30.3 Å². The summed E-state index contributed by atoms with van der Waals surface area (Å²) in [5.74, 6) is 0. The Balaban J connectivity index is 1.33. The Labute approximate surface area is 169 Å². The van der Waals surface area contributed by atoms with E-state index in [1.165, 1.54) is 8.27 Å². The first-order chi connectivity index (χ1) is 12.7. The molecule has 1 saturated heterocycles. The van der Waals surface area contributed by atoms with Crippen LogP contribution in [0.2, 0.25) is 0 Å². The summed E-state index contributed by atoms with van der Waals surface area (Å²) >= 11 is 4.03. The summed E-state index contributed by atoms with van der Waals surface area (Å²) in [5.41, 5.74) is 2.04. The summed E-state index contributed by atoms with van der Waals surface area (Å²) in [4.78, 5) is 21.0. The number of hydrogen-bond donors (Lipinski definition) is 0. The molecule has 1 aliphatic heterocycles. The van der Waals surface area contributed by atoms with Crippen LogP contribution in [0.25, 0.3) is 10.2 Å². The van der Waals surface area contributed by atoms with Crippen molar-refractivity contribution in [1.82, 2.24) is 9.88 Å². The molecule has 5 nitrogen and oxygen atoms in total. The molecule has 0 unspecified atom stereocenters. The van der Waals surface area contributed by atoms with Crippen molar-refractivity contribution in [3.8, 4) is 0 Å². The van der Waals surface area contributed by atoms with Gasteiger partial charge < -0.3 is 14.5 Å². The number of hydrogen-bond acceptors (Lipinski definition) is 5. The monoisotopic (exact) mass is 479 g/mol. The molecule has 1 aromatic heterocycles. The molecule has 3 aromatic rings. The molecule has 0 spiro atoms. The fourth-order valence-electron chi connectivity index (χ4n) is 2.91. The summed E-state index contributed by atoms with van der Waals surface area (Å²) < 4.78 is 7.85. The van der Waals surface area contributed by atoms with Gasteiger partial charge in [-0.05, 0) is 46.4 Å². The van der Waals surface area contributed by atoms with E-state index in [0.29, 0.717) is 19.7 Å². The third-order valence-corrected chi connectivity index (χ3v) is 6.10. The summed E-state index contributed by atoms with van der Waals surface area (Å²) in [6, 6.07) is 16.1. The number of carbonyl (C=O) groups excluding carboxylic acids is 1. The van der Waals surface area contributed by atoms with Crippen molar-refractivity contribution in [3.05, 3.63) is 57.7 Å². The lowest BCUT2D eigenvalue weighted by Gasteiger charge is -2.33. The normalized spacial score (nSPS) is 14.7. The maximum absolute atomic E-state index is 12.3. The zero-order chi connectivity index (χ0) is 17.9. The van der Waals surface area contributed by atoms with Gasteiger partial charge in [-0.1, -0.05) is 41.7 Å². The van der Waals surface area contributed by atoms with Crippen molar-refractivity contribution in [2.24, 2.45) is 0 Å². The molecule has 4 rings (SSSR count). The highest BCUT2D eigenvalue weighted by molar-refractivity contribution is 14.1. The lowest BCUT2D eigenvalue weighted by molar-refractivity contribution is 0.0942. The van der Waals surface area contributed by atoms with Crippen molar-refractivity contribution < 1.29 is 9.53 Å². The average Bonchev–Trinajstić information content (AvgIpc) is 3.10. The minimum Gasteiger partial charge on any atom is -0.445 e. The number of benzene rings is 2. The molecule has 0 atom stereocenters. The maximum atomic E-state index is 12.3. The highest BCUT2D eigenvalue weighted by Gasteiger charge is 2.24. The molecule has 0 aliphatic carbocycles. The molecule has 134 valence electrons. The van der Waals surface area contributed by atoms with Crippen molar-refractivity contribution in [2.75, 3.05) is 31.1 Å². The van der Waals surface area contributed by atoms with Crippen molar-refractivity contribution >= 4 is 55.4 Å². The predicted octanol–water partition coefficient (Wildman–Crippen LogP) is 4.36. The standard InChI is InChI=1S/C19H18IN3O2S/c20-15-6-7-16-17(12-15)26-18(21-16)22-8-10-23(11-9-22)19(24)25-13-14-4-2-1-3-5-14/h1-7,12H,8-11,13H2. The van der Waals surface area contributed by atoms with Gasteiger partial charge in [0, 0.05) is 29.7 Å². The Kier molecular flexibility index (Phi) is 5.26. The van der Waals surface area contributed by atoms with E-state index in [1.54, 1.807) is 16.2 Å². The van der Waals surface area contributed by atoms with Gasteiger partial charge in [0.25, 0.3) is 0 Å². The van der Waals surface area contributed by atoms with E-state index >= 15 is 0 Å². The Morgan fingerprint density at radius 1 is 1.12 bits per heavy atom. The van der Waals surface area contributed by atoms with Crippen LogP contribution in [0.3, 0.4) is 0 Å². The minimum atomic E-state index is -0.243. The molecule has 1 amide bonds. The van der Waals surface area contributed by atoms with E-state index < -0.39 is 0 Å². The number of rotatable bonds is 3. The predicted molar refractivity (Wildman–Crippen MR) is 113 cm³/mol. The van der Waals surface area contributed by atoms with Gasteiger partial charge in [-0.3, -0.25) is 0 Å². The maximum Gasteiger partial charge on any atom is 0.410 e. The largest absolute Gasteiger partial charge is 0.445 e. The third-order valence-electron chi connectivity index (χ3n) is 4.35. The fourth-order valence-corrected chi connectivity index (χ4v) is 4.67. The van der Waals surface area contributed by atoms with Gasteiger partial charge in [-0.2, -0.15) is 0 Å². The lowest BCUT2D eigenvalue weighted by atomic mass is 10.2. The molecular formula is C19H18IN3O2S. The molecule has 0 radical (unpaired) electrons. The Morgan fingerprint density at radius 3 is 2.65 bits per heavy atom. The van der Waals surface area contributed by atoms with Gasteiger partial charge in [0.2, 0.25) is 0 Å². The number of piperazine rings is 1. The van der Waals surface area contributed by atoms with Crippen molar-refractivity contribution in [1.29, 1.82) is 0 Å². The first-order valence-electron chi connectivity index (χ1n) is 8.46. The molecule has 2 aromatic carbocycles. The highest BCUT2D eigenvalue weighted by Crippen LogP contribution is 2.30. The molecule has 7 heteroatoms. The zero-order valence-corrected chi connectivity index (χ0v) is 17.1. The van der Waals surface area contributed by atoms with Crippen LogP contribution in [0.5, 0.6) is 0 Å². The summed E-state index contributed by atoms with van der Waals surface area (Å²) in [5, 5.41) is 1.03. The van der Waals surface area contributed by atoms with Gasteiger partial charge in [0.1, 0.15) is 6.61 Å². The summed E-state index contributed by atoms with van der Waals surface area (Å²) in [6.07, 6.45) is -0.243. The molecule has 26 heavy (non-hydrogen) atoms. The van der Waals surface area contributed by atoms with E-state index in [2.05, 4.69) is 45.7 Å². The SMILES string of the molecule is O=C(OCc1ccccc1)N1CCN(c2nc3ccc(I)cc3s2)CC1. The van der Waals surface area contributed by atoms with Gasteiger partial charge in [0.05, 0.1) is 10.2 Å². The number of nitrogens with zero attached hydrogens (tertiary/aromatic N) is 3. The number of carbonyl (C=O) groups is 1. The van der Waals surface area contributed by atoms with Crippen LogP contribution >= 0.6 is 33.9 Å². The van der Waals surface area contributed by atoms with Crippen LogP contribution in [0.15, 0.2) is 48.5 Å². The number of ether oxygens (including phenoxy) is 1. The lowest BCUT2D eigenvalue weighted by Crippen LogP contribution is -2.48. The van der Waals surface area contributed by atoms with Gasteiger partial charge in [-0.25, -0.2) is 9.78 Å². The topological polar surface area (TPSA) is 45.7 Å². The Hall–Kier alpha value is -1.87. The second-order valence-corrected chi connectivity index (χ2v) is 8.38. The second kappa shape index (κ2) is 7.79. The van der Waals surface area contributed by atoms with E-state index in [9.17, 15) is 4.79 Å². The first kappa shape index (κ1) is 17.5. The number of aromatic nitrogens is 1. The quantitative estimate of drug-likeness (QED) is 0.524. The average molecular weight is 479 g/mol. The number of thiazole rings is 1. The van der Waals surface area contributed by atoms with E-state index in [4.69, 9.17) is 9.72 Å². The van der Waals surface area contributed by atoms with Crippen LogP contribution in [-0.2, 0) is 11.3 Å². The van der Waals surface area contributed by atoms with Crippen LogP contribution in [-0.4, -0.2) is 42.2 Å². The number of halogens is 1. The Bertz CT molecular complexity index is 908. The Morgan fingerprint density at radius 2 is 1.88 bits per heavy atom. The fraction of sp³-hybridized carbons (Fsp3) is 0.263. The molecule has 0 N–H and O–H groups in total. The van der Waals surface area contributed by atoms with E-state index in [-0.39, 0.29) is 6.09 Å². The van der Waals surface area contributed by atoms with Crippen LogP contribution in [0.1, 0.15) is 5.56 Å². The third kappa shape index (κ3) is 3.93. The second-order valence-electron chi connectivity index (χ2n) is 6.12. The van der Waals surface area contributed by atoms with Crippen LogP contribution < -0.4 is 4.90 Å². The zero-order valence-electron chi connectivity index (χ0n) is 14.1. The van der Waals surface area contributed by atoms with E-state index in [0.717, 1.165) is 29.3 Å². The number of fused-ring (bicyclic) bond motifs is 1. The summed E-state index contributed by atoms with van der Waals surface area (Å²) in [7, 11) is 0. The number of anilines is 1. The number of amides is 1. The van der Waals surface area contributed by atoms with Gasteiger partial charge in [0.15, 0.2) is 5.13 Å². The highest BCUT2D eigenvalue weighted by atomic mass is 127.